The predicted molar refractivity (Wildman–Crippen MR) is 121 cm³/mol. The van der Waals surface area contributed by atoms with Gasteiger partial charge in [0.1, 0.15) is 6.61 Å². The van der Waals surface area contributed by atoms with Gasteiger partial charge in [0, 0.05) is 6.54 Å². The fourth-order valence-corrected chi connectivity index (χ4v) is 4.19. The summed E-state index contributed by atoms with van der Waals surface area (Å²) >= 11 is 2.22. The van der Waals surface area contributed by atoms with Gasteiger partial charge in [-0.3, -0.25) is 4.90 Å². The van der Waals surface area contributed by atoms with Crippen molar-refractivity contribution in [2.45, 2.75) is 61.7 Å². The van der Waals surface area contributed by atoms with Gasteiger partial charge in [0.25, 0.3) is 0 Å². The Labute approximate surface area is 186 Å². The van der Waals surface area contributed by atoms with Crippen LogP contribution in [0.5, 0.6) is 0 Å². The third-order valence-electron chi connectivity index (χ3n) is 5.23. The molecule has 156 valence electrons. The Balaban J connectivity index is 1.76. The number of alkyl halides is 1. The molecule has 0 bridgehead atoms. The first-order valence-corrected chi connectivity index (χ1v) is 11.3. The highest BCUT2D eigenvalue weighted by Crippen LogP contribution is 2.30. The molecule has 2 aromatic carbocycles. The second kappa shape index (κ2) is 10.9. The van der Waals surface area contributed by atoms with Crippen molar-refractivity contribution in [1.29, 1.82) is 0 Å². The molecule has 0 saturated carbocycles. The Kier molecular flexibility index (Phi) is 8.32. The van der Waals surface area contributed by atoms with E-state index in [2.05, 4.69) is 22.6 Å². The molecule has 4 atom stereocenters. The quantitative estimate of drug-likeness (QED) is 0.426. The summed E-state index contributed by atoms with van der Waals surface area (Å²) in [5, 5.41) is 10.2. The van der Waals surface area contributed by atoms with E-state index < -0.39 is 6.29 Å². The molecule has 1 fully saturated rings. The number of nitrogens with zero attached hydrogens (tertiary/aromatic N) is 1. The maximum atomic E-state index is 13.1. The topological polar surface area (TPSA) is 59.0 Å². The Morgan fingerprint density at radius 1 is 1.14 bits per heavy atom. The minimum Gasteiger partial charge on any atom is -0.445 e. The second-order valence-corrected chi connectivity index (χ2v) is 8.89. The van der Waals surface area contributed by atoms with E-state index in [4.69, 9.17) is 9.47 Å². The van der Waals surface area contributed by atoms with Gasteiger partial charge < -0.3 is 14.6 Å². The first-order valence-electron chi connectivity index (χ1n) is 10.1. The number of aliphatic hydroxyl groups excluding tert-OH is 1. The van der Waals surface area contributed by atoms with E-state index in [0.717, 1.165) is 30.4 Å². The zero-order valence-electron chi connectivity index (χ0n) is 16.6. The molecular weight excluding hydrogens is 481 g/mol. The minimum atomic E-state index is -0.803. The van der Waals surface area contributed by atoms with Gasteiger partial charge in [-0.05, 0) is 30.4 Å². The van der Waals surface area contributed by atoms with Crippen LogP contribution in [0, 0.1) is 0 Å². The molecule has 0 radical (unpaired) electrons. The third kappa shape index (κ3) is 6.17. The summed E-state index contributed by atoms with van der Waals surface area (Å²) in [5.74, 6) is 0. The Morgan fingerprint density at radius 3 is 2.34 bits per heavy atom. The van der Waals surface area contributed by atoms with Gasteiger partial charge in [0.2, 0.25) is 0 Å². The number of hydrogen-bond donors (Lipinski definition) is 1. The fraction of sp³-hybridized carbons (Fsp3) is 0.435. The Hall–Kier alpha value is -1.64. The van der Waals surface area contributed by atoms with Crippen LogP contribution in [0.15, 0.2) is 60.7 Å². The number of carbonyl (C=O) groups excluding carboxylic acids is 1. The minimum absolute atomic E-state index is 0.0777. The molecule has 1 N–H and O–H groups in total. The summed E-state index contributed by atoms with van der Waals surface area (Å²) in [6, 6.07) is 19.4. The van der Waals surface area contributed by atoms with Gasteiger partial charge >= 0.3 is 6.09 Å². The van der Waals surface area contributed by atoms with E-state index in [-0.39, 0.29) is 28.8 Å². The van der Waals surface area contributed by atoms with Crippen LogP contribution in [0.4, 0.5) is 4.79 Å². The summed E-state index contributed by atoms with van der Waals surface area (Å²) in [4.78, 5) is 14.8. The first-order chi connectivity index (χ1) is 14.1. The molecule has 2 aromatic rings. The van der Waals surface area contributed by atoms with E-state index >= 15 is 0 Å². The molecule has 1 saturated heterocycles. The zero-order chi connectivity index (χ0) is 20.6. The maximum absolute atomic E-state index is 13.1. The van der Waals surface area contributed by atoms with Crippen LogP contribution in [-0.4, -0.2) is 38.5 Å². The van der Waals surface area contributed by atoms with Crippen LogP contribution in [0.25, 0.3) is 0 Å². The van der Waals surface area contributed by atoms with Crippen molar-refractivity contribution in [3.63, 3.8) is 0 Å². The highest BCUT2D eigenvalue weighted by molar-refractivity contribution is 14.1. The van der Waals surface area contributed by atoms with Crippen LogP contribution in [0.2, 0.25) is 0 Å². The number of hydrogen-bond acceptors (Lipinski definition) is 4. The lowest BCUT2D eigenvalue weighted by Crippen LogP contribution is -2.51. The lowest BCUT2D eigenvalue weighted by Gasteiger charge is -2.40. The molecule has 1 heterocycles. The Morgan fingerprint density at radius 2 is 1.76 bits per heavy atom. The number of aliphatic hydroxyl groups is 1. The second-order valence-electron chi connectivity index (χ2n) is 7.29. The fourth-order valence-electron chi connectivity index (χ4n) is 3.67. The molecule has 1 aliphatic rings. The number of carbonyl (C=O) groups is 1. The number of halogens is 1. The van der Waals surface area contributed by atoms with Gasteiger partial charge in [-0.2, -0.15) is 0 Å². The van der Waals surface area contributed by atoms with Crippen LogP contribution < -0.4 is 0 Å². The maximum Gasteiger partial charge on any atom is 0.410 e. The van der Waals surface area contributed by atoms with Crippen molar-refractivity contribution >= 4 is 28.7 Å². The number of benzene rings is 2. The highest BCUT2D eigenvalue weighted by atomic mass is 127. The highest BCUT2D eigenvalue weighted by Gasteiger charge is 2.37. The third-order valence-corrected chi connectivity index (χ3v) is 6.47. The normalized spacial score (nSPS) is 22.7. The summed E-state index contributed by atoms with van der Waals surface area (Å²) in [6.07, 6.45) is 1.01. The van der Waals surface area contributed by atoms with E-state index in [9.17, 15) is 9.90 Å². The predicted octanol–water partition coefficient (Wildman–Crippen LogP) is 4.91. The molecule has 0 aromatic heterocycles. The van der Waals surface area contributed by atoms with E-state index in [1.165, 1.54) is 0 Å². The number of ether oxygens (including phenoxy) is 2. The SMILES string of the molecule is CC[C@H]([C@@H]1CCC(I)C(O)O1)N(Cc1ccccc1)C(=O)OCc1ccccc1. The van der Waals surface area contributed by atoms with Crippen molar-refractivity contribution in [3.05, 3.63) is 71.8 Å². The van der Waals surface area contributed by atoms with Crippen molar-refractivity contribution in [2.24, 2.45) is 0 Å². The Bertz CT molecular complexity index is 758. The summed E-state index contributed by atoms with van der Waals surface area (Å²) < 4.78 is 11.6. The van der Waals surface area contributed by atoms with Gasteiger partial charge in [0.05, 0.1) is 16.1 Å². The van der Waals surface area contributed by atoms with E-state index in [0.29, 0.717) is 6.54 Å². The van der Waals surface area contributed by atoms with Crippen molar-refractivity contribution in [3.8, 4) is 0 Å². The van der Waals surface area contributed by atoms with Crippen molar-refractivity contribution in [1.82, 2.24) is 4.90 Å². The van der Waals surface area contributed by atoms with E-state index in [1.54, 1.807) is 4.90 Å². The summed E-state index contributed by atoms with van der Waals surface area (Å²) in [7, 11) is 0. The average molecular weight is 509 g/mol. The molecule has 3 rings (SSSR count). The number of rotatable bonds is 7. The summed E-state index contributed by atoms with van der Waals surface area (Å²) in [5.41, 5.74) is 1.98. The molecule has 0 aliphatic carbocycles. The van der Waals surface area contributed by atoms with Crippen molar-refractivity contribution in [2.75, 3.05) is 0 Å². The van der Waals surface area contributed by atoms with Crippen LogP contribution in [0.3, 0.4) is 0 Å². The van der Waals surface area contributed by atoms with Crippen LogP contribution >= 0.6 is 22.6 Å². The van der Waals surface area contributed by atoms with Crippen LogP contribution in [-0.2, 0) is 22.6 Å². The molecule has 2 unspecified atom stereocenters. The van der Waals surface area contributed by atoms with E-state index in [1.807, 2.05) is 67.6 Å². The summed E-state index contributed by atoms with van der Waals surface area (Å²) in [6.45, 7) is 2.71. The average Bonchev–Trinajstić information content (AvgIpc) is 2.75. The monoisotopic (exact) mass is 509 g/mol. The standard InChI is InChI=1S/C23H28INO4/c1-2-20(21-14-13-19(24)22(26)29-21)25(15-17-9-5-3-6-10-17)23(27)28-16-18-11-7-4-8-12-18/h3-12,19-22,26H,2,13-16H2,1H3/t19?,20-,21+,22?/m1/s1. The lowest BCUT2D eigenvalue weighted by molar-refractivity contribution is -0.173. The molecule has 1 amide bonds. The molecule has 1 aliphatic heterocycles. The zero-order valence-corrected chi connectivity index (χ0v) is 18.8. The van der Waals surface area contributed by atoms with Gasteiger partial charge in [-0.1, -0.05) is 90.2 Å². The van der Waals surface area contributed by atoms with Crippen LogP contribution in [0.1, 0.15) is 37.3 Å². The van der Waals surface area contributed by atoms with Gasteiger partial charge in [-0.15, -0.1) is 0 Å². The molecule has 0 spiro atoms. The molecular formula is C23H28INO4. The van der Waals surface area contributed by atoms with Crippen molar-refractivity contribution < 1.29 is 19.4 Å². The molecule has 6 heteroatoms. The first kappa shape index (κ1) is 22.1. The molecule has 5 nitrogen and oxygen atoms in total. The van der Waals surface area contributed by atoms with Gasteiger partial charge in [-0.25, -0.2) is 4.79 Å². The largest absolute Gasteiger partial charge is 0.445 e. The van der Waals surface area contributed by atoms with Gasteiger partial charge in [0.15, 0.2) is 6.29 Å². The molecule has 29 heavy (non-hydrogen) atoms. The smallest absolute Gasteiger partial charge is 0.410 e. The number of amides is 1. The lowest BCUT2D eigenvalue weighted by atomic mass is 9.98.